The lowest BCUT2D eigenvalue weighted by Gasteiger charge is -2.36. The van der Waals surface area contributed by atoms with E-state index in [0.717, 1.165) is 10.6 Å². The van der Waals surface area contributed by atoms with Crippen molar-refractivity contribution < 1.29 is 23.5 Å². The Hall–Kier alpha value is -2.29. The van der Waals surface area contributed by atoms with Crippen LogP contribution in [0, 0.1) is 5.82 Å². The summed E-state index contributed by atoms with van der Waals surface area (Å²) >= 11 is 5.02. The number of Topliss-reactive ketones (excluding diaryl/α,β-unsaturated/α-hetero) is 1. The van der Waals surface area contributed by atoms with E-state index in [0.29, 0.717) is 28.6 Å². The smallest absolute Gasteiger partial charge is 0.336 e. The second-order valence-corrected chi connectivity index (χ2v) is 9.72. The van der Waals surface area contributed by atoms with Crippen LogP contribution in [0.4, 0.5) is 4.39 Å². The lowest BCUT2D eigenvalue weighted by atomic mass is 9.72. The Bertz CT molecular complexity index is 1110. The SMILES string of the molecule is COCCOC(=O)C1=C(C)NC2=C(C(=O)C[C@@H](c3cccs3)C2)[C@@H]1c1cc(Br)ccc1F. The van der Waals surface area contributed by atoms with Gasteiger partial charge in [-0.05, 0) is 43.0 Å². The third kappa shape index (κ3) is 4.44. The molecule has 5 nitrogen and oxygen atoms in total. The van der Waals surface area contributed by atoms with E-state index >= 15 is 4.39 Å². The van der Waals surface area contributed by atoms with Gasteiger partial charge in [0.25, 0.3) is 0 Å². The van der Waals surface area contributed by atoms with Gasteiger partial charge >= 0.3 is 5.97 Å². The van der Waals surface area contributed by atoms with E-state index in [1.165, 1.54) is 13.2 Å². The van der Waals surface area contributed by atoms with Gasteiger partial charge in [0.05, 0.1) is 18.1 Å². The maximum Gasteiger partial charge on any atom is 0.336 e. The van der Waals surface area contributed by atoms with Gasteiger partial charge in [-0.3, -0.25) is 4.79 Å². The molecule has 0 spiro atoms. The number of benzene rings is 1. The third-order valence-corrected chi connectivity index (χ3v) is 7.31. The molecule has 1 aliphatic heterocycles. The molecule has 2 atom stereocenters. The third-order valence-electron chi connectivity index (χ3n) is 5.78. The number of methoxy groups -OCH3 is 1. The molecule has 2 aromatic rings. The van der Waals surface area contributed by atoms with Crippen LogP contribution >= 0.6 is 27.3 Å². The number of nitrogens with one attached hydrogen (secondary N) is 1. The normalized spacial score (nSPS) is 20.8. The van der Waals surface area contributed by atoms with Gasteiger partial charge in [0.2, 0.25) is 0 Å². The first-order valence-electron chi connectivity index (χ1n) is 10.3. The maximum absolute atomic E-state index is 15.0. The second kappa shape index (κ2) is 9.68. The molecule has 1 aliphatic carbocycles. The molecule has 1 aromatic carbocycles. The van der Waals surface area contributed by atoms with Crippen molar-refractivity contribution in [2.45, 2.75) is 31.6 Å². The number of thiophene rings is 1. The van der Waals surface area contributed by atoms with Crippen molar-refractivity contribution >= 4 is 39.0 Å². The zero-order valence-electron chi connectivity index (χ0n) is 17.7. The molecule has 0 radical (unpaired) electrons. The van der Waals surface area contributed by atoms with Crippen LogP contribution in [-0.4, -0.2) is 32.1 Å². The number of esters is 1. The van der Waals surface area contributed by atoms with Crippen molar-refractivity contribution in [1.29, 1.82) is 0 Å². The average Bonchev–Trinajstić information content (AvgIpc) is 3.29. The maximum atomic E-state index is 15.0. The predicted molar refractivity (Wildman–Crippen MR) is 124 cm³/mol. The molecule has 0 amide bonds. The van der Waals surface area contributed by atoms with Gasteiger partial charge in [-0.15, -0.1) is 11.3 Å². The number of ketones is 1. The lowest BCUT2D eigenvalue weighted by molar-refractivity contribution is -0.140. The number of halogens is 2. The second-order valence-electron chi connectivity index (χ2n) is 7.83. The first-order chi connectivity index (χ1) is 15.4. The van der Waals surface area contributed by atoms with Crippen LogP contribution in [-0.2, 0) is 19.1 Å². The summed E-state index contributed by atoms with van der Waals surface area (Å²) in [5, 5.41) is 5.27. The van der Waals surface area contributed by atoms with Crippen LogP contribution in [0.15, 0.2) is 62.7 Å². The van der Waals surface area contributed by atoms with Crippen molar-refractivity contribution in [2.75, 3.05) is 20.3 Å². The highest BCUT2D eigenvalue weighted by Gasteiger charge is 2.42. The number of allylic oxidation sites excluding steroid dienone is 3. The van der Waals surface area contributed by atoms with Gasteiger partial charge in [0, 0.05) is 51.3 Å². The fourth-order valence-corrected chi connectivity index (χ4v) is 5.59. The van der Waals surface area contributed by atoms with E-state index in [2.05, 4.69) is 21.2 Å². The van der Waals surface area contributed by atoms with E-state index in [9.17, 15) is 9.59 Å². The summed E-state index contributed by atoms with van der Waals surface area (Å²) < 4.78 is 26.1. The van der Waals surface area contributed by atoms with Crippen LogP contribution in [0.5, 0.6) is 0 Å². The standard InChI is InChI=1S/C24H23BrFNO4S/c1-13-21(24(29)31-8-7-30-2)22(16-12-15(25)5-6-17(16)26)23-18(27-13)10-14(11-19(23)28)20-4-3-9-32-20/h3-6,9,12,14,22,27H,7-8,10-11H2,1-2H3/t14-,22+/m0/s1. The Morgan fingerprint density at radius 2 is 2.09 bits per heavy atom. The molecule has 0 saturated heterocycles. The first-order valence-corrected chi connectivity index (χ1v) is 12.0. The van der Waals surface area contributed by atoms with Crippen molar-refractivity contribution in [2.24, 2.45) is 0 Å². The molecule has 168 valence electrons. The fraction of sp³-hybridized carbons (Fsp3) is 0.333. The van der Waals surface area contributed by atoms with Gasteiger partial charge in [-0.2, -0.15) is 0 Å². The number of dihydropyridines is 1. The first kappa shape index (κ1) is 22.9. The van der Waals surface area contributed by atoms with Crippen molar-refractivity contribution in [3.63, 3.8) is 0 Å². The average molecular weight is 520 g/mol. The highest BCUT2D eigenvalue weighted by atomic mass is 79.9. The van der Waals surface area contributed by atoms with Gasteiger partial charge in [-0.1, -0.05) is 22.0 Å². The van der Waals surface area contributed by atoms with E-state index < -0.39 is 17.7 Å². The van der Waals surface area contributed by atoms with Crippen molar-refractivity contribution in [1.82, 2.24) is 5.32 Å². The van der Waals surface area contributed by atoms with Crippen LogP contribution in [0.2, 0.25) is 0 Å². The highest BCUT2D eigenvalue weighted by molar-refractivity contribution is 9.10. The summed E-state index contributed by atoms with van der Waals surface area (Å²) in [6, 6.07) is 8.57. The van der Waals surface area contributed by atoms with Crippen molar-refractivity contribution in [3.8, 4) is 0 Å². The molecular formula is C24H23BrFNO4S. The largest absolute Gasteiger partial charge is 0.460 e. The summed E-state index contributed by atoms with van der Waals surface area (Å²) in [5.74, 6) is -1.93. The molecular weight excluding hydrogens is 497 g/mol. The quantitative estimate of drug-likeness (QED) is 0.419. The minimum Gasteiger partial charge on any atom is -0.460 e. The minimum absolute atomic E-state index is 0.0600. The lowest BCUT2D eigenvalue weighted by Crippen LogP contribution is -2.36. The van der Waals surface area contributed by atoms with E-state index in [-0.39, 0.29) is 36.1 Å². The van der Waals surface area contributed by atoms with Crippen molar-refractivity contribution in [3.05, 3.63) is 79.0 Å². The number of hydrogen-bond acceptors (Lipinski definition) is 6. The molecule has 4 rings (SSSR count). The monoisotopic (exact) mass is 519 g/mol. The molecule has 0 unspecified atom stereocenters. The predicted octanol–water partition coefficient (Wildman–Crippen LogP) is 5.20. The number of hydrogen-bond donors (Lipinski definition) is 1. The van der Waals surface area contributed by atoms with Crippen LogP contribution in [0.3, 0.4) is 0 Å². The summed E-state index contributed by atoms with van der Waals surface area (Å²) in [6.07, 6.45) is 0.940. The Morgan fingerprint density at radius 3 is 2.81 bits per heavy atom. The summed E-state index contributed by atoms with van der Waals surface area (Å²) in [4.78, 5) is 27.6. The molecule has 8 heteroatoms. The minimum atomic E-state index is -0.837. The van der Waals surface area contributed by atoms with Gasteiger partial charge in [0.15, 0.2) is 5.78 Å². The van der Waals surface area contributed by atoms with E-state index in [4.69, 9.17) is 9.47 Å². The molecule has 1 N–H and O–H groups in total. The Labute approximate surface area is 198 Å². The molecule has 2 heterocycles. The zero-order valence-corrected chi connectivity index (χ0v) is 20.1. The molecule has 2 aliphatic rings. The number of carbonyl (C=O) groups is 2. The fourth-order valence-electron chi connectivity index (χ4n) is 4.38. The molecule has 0 bridgehead atoms. The summed E-state index contributed by atoms with van der Waals surface area (Å²) in [5.41, 5.74) is 2.28. The Kier molecular flexibility index (Phi) is 6.93. The van der Waals surface area contributed by atoms with E-state index in [1.807, 2.05) is 17.5 Å². The molecule has 0 saturated carbocycles. The number of carbonyl (C=O) groups excluding carboxylic acids is 2. The number of ether oxygens (including phenoxy) is 2. The topological polar surface area (TPSA) is 64.6 Å². The Balaban J connectivity index is 1.80. The van der Waals surface area contributed by atoms with Crippen LogP contribution in [0.1, 0.15) is 42.0 Å². The van der Waals surface area contributed by atoms with Crippen LogP contribution in [0.25, 0.3) is 0 Å². The summed E-state index contributed by atoms with van der Waals surface area (Å²) in [7, 11) is 1.52. The molecule has 1 aromatic heterocycles. The zero-order chi connectivity index (χ0) is 22.8. The highest BCUT2D eigenvalue weighted by Crippen LogP contribution is 2.47. The van der Waals surface area contributed by atoms with Gasteiger partial charge in [0.1, 0.15) is 12.4 Å². The van der Waals surface area contributed by atoms with Crippen LogP contribution < -0.4 is 5.32 Å². The van der Waals surface area contributed by atoms with E-state index in [1.54, 1.807) is 30.4 Å². The van der Waals surface area contributed by atoms with Gasteiger partial charge in [-0.25, -0.2) is 9.18 Å². The van der Waals surface area contributed by atoms with Gasteiger partial charge < -0.3 is 14.8 Å². The molecule has 32 heavy (non-hydrogen) atoms. The Morgan fingerprint density at radius 1 is 1.28 bits per heavy atom. The molecule has 0 fully saturated rings. The summed E-state index contributed by atoms with van der Waals surface area (Å²) in [6.45, 7) is 2.08. The number of rotatable bonds is 6.